The molecule has 1 atom stereocenters. The Labute approximate surface area is 116 Å². The van der Waals surface area contributed by atoms with Crippen molar-refractivity contribution >= 4 is 0 Å². The van der Waals surface area contributed by atoms with Crippen LogP contribution in [0.3, 0.4) is 0 Å². The molecule has 2 aromatic rings. The molecule has 1 aromatic carbocycles. The second-order valence-electron chi connectivity index (χ2n) is 4.46. The molecule has 1 heterocycles. The Bertz CT molecular complexity index is 545. The highest BCUT2D eigenvalue weighted by atomic mass is 19.1. The van der Waals surface area contributed by atoms with Crippen molar-refractivity contribution in [1.82, 2.24) is 10.5 Å². The predicted octanol–water partition coefficient (Wildman–Crippen LogP) is 1.65. The lowest BCUT2D eigenvalue weighted by Crippen LogP contribution is -2.31. The minimum Gasteiger partial charge on any atom is -0.488 e. The van der Waals surface area contributed by atoms with Crippen molar-refractivity contribution in [3.8, 4) is 5.75 Å². The Morgan fingerprint density at radius 3 is 2.95 bits per heavy atom. The normalized spacial score (nSPS) is 12.3. The van der Waals surface area contributed by atoms with Crippen molar-refractivity contribution < 1.29 is 18.8 Å². The number of hydrogen-bond donors (Lipinski definition) is 2. The number of para-hydroxylation sites is 1. The fourth-order valence-electron chi connectivity index (χ4n) is 1.67. The summed E-state index contributed by atoms with van der Waals surface area (Å²) in [5, 5.41) is 16.6. The summed E-state index contributed by atoms with van der Waals surface area (Å²) in [4.78, 5) is 0. The molecule has 0 saturated heterocycles. The van der Waals surface area contributed by atoms with Crippen LogP contribution in [0.25, 0.3) is 0 Å². The molecule has 0 spiro atoms. The molecule has 0 radical (unpaired) electrons. The van der Waals surface area contributed by atoms with Gasteiger partial charge in [-0.25, -0.2) is 4.39 Å². The molecule has 0 fully saturated rings. The van der Waals surface area contributed by atoms with Crippen molar-refractivity contribution in [3.63, 3.8) is 0 Å². The van der Waals surface area contributed by atoms with Crippen molar-refractivity contribution in [2.24, 2.45) is 0 Å². The SMILES string of the molecule is Cc1cc(CNCC(O)COc2ccccc2F)no1. The van der Waals surface area contributed by atoms with E-state index < -0.39 is 11.9 Å². The van der Waals surface area contributed by atoms with Gasteiger partial charge < -0.3 is 19.7 Å². The number of aliphatic hydroxyl groups excluding tert-OH is 1. The summed E-state index contributed by atoms with van der Waals surface area (Å²) in [7, 11) is 0. The predicted molar refractivity (Wildman–Crippen MR) is 70.8 cm³/mol. The van der Waals surface area contributed by atoms with Gasteiger partial charge in [-0.2, -0.15) is 0 Å². The van der Waals surface area contributed by atoms with E-state index in [2.05, 4.69) is 10.5 Å². The van der Waals surface area contributed by atoms with Gasteiger partial charge in [-0.3, -0.25) is 0 Å². The maximum Gasteiger partial charge on any atom is 0.165 e. The first kappa shape index (κ1) is 14.5. The number of aromatic nitrogens is 1. The molecular weight excluding hydrogens is 263 g/mol. The molecule has 5 nitrogen and oxygen atoms in total. The van der Waals surface area contributed by atoms with Crippen LogP contribution < -0.4 is 10.1 Å². The van der Waals surface area contributed by atoms with Gasteiger partial charge in [-0.1, -0.05) is 17.3 Å². The van der Waals surface area contributed by atoms with Crippen LogP contribution in [-0.4, -0.2) is 29.5 Å². The summed E-state index contributed by atoms with van der Waals surface area (Å²) in [6.45, 7) is 2.65. The van der Waals surface area contributed by atoms with Gasteiger partial charge in [0.1, 0.15) is 18.5 Å². The average molecular weight is 280 g/mol. The lowest BCUT2D eigenvalue weighted by Gasteiger charge is -2.13. The van der Waals surface area contributed by atoms with Crippen LogP contribution in [0.15, 0.2) is 34.9 Å². The van der Waals surface area contributed by atoms with E-state index >= 15 is 0 Å². The zero-order valence-corrected chi connectivity index (χ0v) is 11.2. The summed E-state index contributed by atoms with van der Waals surface area (Å²) >= 11 is 0. The smallest absolute Gasteiger partial charge is 0.165 e. The summed E-state index contributed by atoms with van der Waals surface area (Å²) < 4.78 is 23.4. The number of aliphatic hydroxyl groups is 1. The molecule has 0 saturated carbocycles. The molecule has 0 aliphatic rings. The standard InChI is InChI=1S/C14H17FN2O3/c1-10-6-11(17-20-10)7-16-8-12(18)9-19-14-5-3-2-4-13(14)15/h2-6,12,16,18H,7-9H2,1H3. The molecule has 2 N–H and O–H groups in total. The number of ether oxygens (including phenoxy) is 1. The van der Waals surface area contributed by atoms with Crippen LogP contribution in [0.4, 0.5) is 4.39 Å². The number of nitrogens with zero attached hydrogens (tertiary/aromatic N) is 1. The van der Waals surface area contributed by atoms with Gasteiger partial charge in [0, 0.05) is 19.2 Å². The lowest BCUT2D eigenvalue weighted by atomic mass is 10.3. The number of hydrogen-bond acceptors (Lipinski definition) is 5. The van der Waals surface area contributed by atoms with E-state index in [4.69, 9.17) is 9.26 Å². The Hall–Kier alpha value is -1.92. The zero-order valence-electron chi connectivity index (χ0n) is 11.2. The minimum atomic E-state index is -0.734. The number of benzene rings is 1. The fraction of sp³-hybridized carbons (Fsp3) is 0.357. The first-order valence-corrected chi connectivity index (χ1v) is 6.33. The van der Waals surface area contributed by atoms with E-state index in [1.54, 1.807) is 12.1 Å². The van der Waals surface area contributed by atoms with E-state index in [9.17, 15) is 9.50 Å². The maximum atomic E-state index is 13.3. The molecular formula is C14H17FN2O3. The van der Waals surface area contributed by atoms with Gasteiger partial charge in [-0.15, -0.1) is 0 Å². The van der Waals surface area contributed by atoms with Crippen molar-refractivity contribution in [2.75, 3.05) is 13.2 Å². The molecule has 108 valence electrons. The first-order valence-electron chi connectivity index (χ1n) is 6.33. The van der Waals surface area contributed by atoms with Crippen LogP contribution in [0.5, 0.6) is 5.75 Å². The van der Waals surface area contributed by atoms with Gasteiger partial charge in [0.15, 0.2) is 11.6 Å². The molecule has 6 heteroatoms. The van der Waals surface area contributed by atoms with Crippen molar-refractivity contribution in [3.05, 3.63) is 47.6 Å². The second-order valence-corrected chi connectivity index (χ2v) is 4.46. The molecule has 0 aliphatic carbocycles. The molecule has 1 aromatic heterocycles. The van der Waals surface area contributed by atoms with Crippen LogP contribution in [0.2, 0.25) is 0 Å². The molecule has 2 rings (SSSR count). The van der Waals surface area contributed by atoms with Crippen molar-refractivity contribution in [2.45, 2.75) is 19.6 Å². The highest BCUT2D eigenvalue weighted by Crippen LogP contribution is 2.15. The molecule has 1 unspecified atom stereocenters. The van der Waals surface area contributed by atoms with Gasteiger partial charge in [0.05, 0.1) is 5.69 Å². The summed E-state index contributed by atoms with van der Waals surface area (Å²) in [6.07, 6.45) is -0.734. The number of halogens is 1. The number of nitrogens with one attached hydrogen (secondary N) is 1. The van der Waals surface area contributed by atoms with Crippen molar-refractivity contribution in [1.29, 1.82) is 0 Å². The van der Waals surface area contributed by atoms with Crippen LogP contribution in [0, 0.1) is 12.7 Å². The lowest BCUT2D eigenvalue weighted by molar-refractivity contribution is 0.104. The monoisotopic (exact) mass is 280 g/mol. The highest BCUT2D eigenvalue weighted by Gasteiger charge is 2.08. The Balaban J connectivity index is 1.68. The highest BCUT2D eigenvalue weighted by molar-refractivity contribution is 5.23. The van der Waals surface area contributed by atoms with E-state index in [0.717, 1.165) is 11.5 Å². The van der Waals surface area contributed by atoms with E-state index in [0.29, 0.717) is 13.1 Å². The molecule has 0 aliphatic heterocycles. The van der Waals surface area contributed by atoms with Gasteiger partial charge in [0.25, 0.3) is 0 Å². The summed E-state index contributed by atoms with van der Waals surface area (Å²) in [5.41, 5.74) is 0.768. The largest absolute Gasteiger partial charge is 0.488 e. The number of rotatable bonds is 7. The third-order valence-electron chi connectivity index (χ3n) is 2.63. The quantitative estimate of drug-likeness (QED) is 0.807. The van der Waals surface area contributed by atoms with E-state index in [-0.39, 0.29) is 12.4 Å². The van der Waals surface area contributed by atoms with Gasteiger partial charge in [0.2, 0.25) is 0 Å². The first-order chi connectivity index (χ1) is 9.65. The van der Waals surface area contributed by atoms with Crippen LogP contribution in [0.1, 0.15) is 11.5 Å². The van der Waals surface area contributed by atoms with E-state index in [1.165, 1.54) is 12.1 Å². The molecule has 0 bridgehead atoms. The van der Waals surface area contributed by atoms with Gasteiger partial charge >= 0.3 is 0 Å². The zero-order chi connectivity index (χ0) is 14.4. The Morgan fingerprint density at radius 1 is 1.45 bits per heavy atom. The van der Waals surface area contributed by atoms with Crippen LogP contribution in [-0.2, 0) is 6.54 Å². The molecule has 0 amide bonds. The molecule has 20 heavy (non-hydrogen) atoms. The number of aryl methyl sites for hydroxylation is 1. The van der Waals surface area contributed by atoms with Gasteiger partial charge in [-0.05, 0) is 19.1 Å². The Kier molecular flexibility index (Phi) is 5.09. The average Bonchev–Trinajstić information content (AvgIpc) is 2.83. The fourth-order valence-corrected chi connectivity index (χ4v) is 1.67. The third-order valence-corrected chi connectivity index (χ3v) is 2.63. The second kappa shape index (κ2) is 7.02. The van der Waals surface area contributed by atoms with E-state index in [1.807, 2.05) is 13.0 Å². The van der Waals surface area contributed by atoms with Crippen LogP contribution >= 0.6 is 0 Å². The topological polar surface area (TPSA) is 67.5 Å². The summed E-state index contributed by atoms with van der Waals surface area (Å²) in [5.74, 6) is 0.439. The minimum absolute atomic E-state index is 0.0196. The third kappa shape index (κ3) is 4.32. The Morgan fingerprint density at radius 2 is 2.25 bits per heavy atom. The maximum absolute atomic E-state index is 13.3. The summed E-state index contributed by atoms with van der Waals surface area (Å²) in [6, 6.07) is 7.91.